The van der Waals surface area contributed by atoms with Crippen LogP contribution in [0.25, 0.3) is 0 Å². The Morgan fingerprint density at radius 1 is 0.556 bits per heavy atom. The smallest absolute Gasteiger partial charge is 0.220 e. The number of rotatable bonds is 39. The van der Waals surface area contributed by atoms with Gasteiger partial charge in [0.2, 0.25) is 5.91 Å². The molecule has 14 nitrogen and oxygen atoms in total. The molecule has 2 rings (SSSR count). The van der Waals surface area contributed by atoms with Gasteiger partial charge < -0.3 is 65.1 Å². The van der Waals surface area contributed by atoms with Crippen LogP contribution in [0, 0.1) is 0 Å². The summed E-state index contributed by atoms with van der Waals surface area (Å²) in [4.78, 5) is 12.8. The highest BCUT2D eigenvalue weighted by Gasteiger charge is 2.51. The monoisotopic (exact) mass is 904 g/mol. The molecule has 0 aromatic carbocycles. The third-order valence-corrected chi connectivity index (χ3v) is 12.7. The van der Waals surface area contributed by atoms with E-state index in [-0.39, 0.29) is 18.9 Å². The fourth-order valence-electron chi connectivity index (χ4n) is 8.53. The molecule has 0 spiro atoms. The number of hydrogen-bond donors (Lipinski definition) is 9. The molecule has 0 aromatic rings. The molecule has 372 valence electrons. The number of carbonyl (C=O) groups is 1. The normalized spacial score (nSPS) is 27.5. The van der Waals surface area contributed by atoms with Crippen LogP contribution in [-0.2, 0) is 23.7 Å². The van der Waals surface area contributed by atoms with Crippen LogP contribution in [0.3, 0.4) is 0 Å². The molecule has 2 heterocycles. The fraction of sp³-hybridized carbons (Fsp3) is 0.939. The summed E-state index contributed by atoms with van der Waals surface area (Å²) in [5.41, 5.74) is 0. The highest BCUT2D eigenvalue weighted by molar-refractivity contribution is 5.76. The van der Waals surface area contributed by atoms with E-state index in [1.807, 2.05) is 13.0 Å². The molecule has 2 fully saturated rings. The van der Waals surface area contributed by atoms with Crippen molar-refractivity contribution in [3.05, 3.63) is 12.2 Å². The Morgan fingerprint density at radius 3 is 1.46 bits per heavy atom. The van der Waals surface area contributed by atoms with Gasteiger partial charge in [0.15, 0.2) is 12.6 Å². The number of nitrogens with one attached hydrogen (secondary N) is 1. The Bertz CT molecular complexity index is 1120. The van der Waals surface area contributed by atoms with Crippen LogP contribution in [0.5, 0.6) is 0 Å². The van der Waals surface area contributed by atoms with E-state index in [1.54, 1.807) is 6.08 Å². The minimum Gasteiger partial charge on any atom is -0.394 e. The number of unbranched alkanes of at least 4 members (excludes halogenated alkanes) is 26. The summed E-state index contributed by atoms with van der Waals surface area (Å²) in [5.74, 6) is -0.263. The summed E-state index contributed by atoms with van der Waals surface area (Å²) < 4.78 is 22.5. The maximum atomic E-state index is 12.8. The van der Waals surface area contributed by atoms with Crippen LogP contribution >= 0.6 is 0 Å². The number of allylic oxidation sites excluding steroid dienone is 1. The first-order valence-electron chi connectivity index (χ1n) is 25.4. The van der Waals surface area contributed by atoms with Crippen molar-refractivity contribution < 1.29 is 64.6 Å². The molecular formula is C49H93NO13. The van der Waals surface area contributed by atoms with E-state index in [0.717, 1.165) is 32.1 Å². The van der Waals surface area contributed by atoms with E-state index in [9.17, 15) is 45.6 Å². The first-order chi connectivity index (χ1) is 30.6. The summed E-state index contributed by atoms with van der Waals surface area (Å²) in [7, 11) is 0. The molecule has 2 aliphatic rings. The maximum absolute atomic E-state index is 12.8. The molecule has 0 saturated carbocycles. The zero-order valence-electron chi connectivity index (χ0n) is 39.3. The predicted octanol–water partition coefficient (Wildman–Crippen LogP) is 6.38. The van der Waals surface area contributed by atoms with Gasteiger partial charge in [-0.1, -0.05) is 187 Å². The zero-order valence-corrected chi connectivity index (χ0v) is 39.3. The summed E-state index contributed by atoms with van der Waals surface area (Å²) in [5, 5.41) is 86.0. The van der Waals surface area contributed by atoms with Gasteiger partial charge >= 0.3 is 0 Å². The lowest BCUT2D eigenvalue weighted by atomic mass is 9.97. The number of amides is 1. The van der Waals surface area contributed by atoms with Gasteiger partial charge in [0, 0.05) is 6.42 Å². The van der Waals surface area contributed by atoms with Crippen LogP contribution in [0.15, 0.2) is 12.2 Å². The minimum atomic E-state index is -1.78. The zero-order chi connectivity index (χ0) is 46.1. The third kappa shape index (κ3) is 24.4. The molecule has 14 heteroatoms. The molecule has 2 saturated heterocycles. The second-order valence-electron chi connectivity index (χ2n) is 18.3. The van der Waals surface area contributed by atoms with Crippen molar-refractivity contribution in [1.82, 2.24) is 5.32 Å². The van der Waals surface area contributed by atoms with Gasteiger partial charge in [0.1, 0.15) is 48.8 Å². The van der Waals surface area contributed by atoms with Crippen molar-refractivity contribution in [2.24, 2.45) is 0 Å². The van der Waals surface area contributed by atoms with Gasteiger partial charge in [-0.15, -0.1) is 0 Å². The van der Waals surface area contributed by atoms with Crippen LogP contribution in [0.4, 0.5) is 0 Å². The average Bonchev–Trinajstić information content (AvgIpc) is 3.28. The lowest BCUT2D eigenvalue weighted by Gasteiger charge is -2.46. The third-order valence-electron chi connectivity index (χ3n) is 12.7. The quantitative estimate of drug-likeness (QED) is 0.0241. The lowest BCUT2D eigenvalue weighted by Crippen LogP contribution is -2.65. The van der Waals surface area contributed by atoms with E-state index >= 15 is 0 Å². The first-order valence-corrected chi connectivity index (χ1v) is 25.4. The highest BCUT2D eigenvalue weighted by atomic mass is 16.7. The van der Waals surface area contributed by atoms with Gasteiger partial charge in [-0.25, -0.2) is 0 Å². The molecule has 0 bridgehead atoms. The molecule has 12 atom stereocenters. The second kappa shape index (κ2) is 36.8. The van der Waals surface area contributed by atoms with Crippen LogP contribution in [0.1, 0.15) is 200 Å². The van der Waals surface area contributed by atoms with E-state index < -0.39 is 86.8 Å². The Kier molecular flexibility index (Phi) is 33.8. The Hall–Kier alpha value is -1.27. The van der Waals surface area contributed by atoms with Gasteiger partial charge in [-0.2, -0.15) is 0 Å². The lowest BCUT2D eigenvalue weighted by molar-refractivity contribution is -0.359. The number of aliphatic hydroxyl groups excluding tert-OH is 8. The molecule has 0 aromatic heterocycles. The Balaban J connectivity index is 1.64. The highest BCUT2D eigenvalue weighted by Crippen LogP contribution is 2.30. The largest absolute Gasteiger partial charge is 0.394 e. The summed E-state index contributed by atoms with van der Waals surface area (Å²) in [6.45, 7) is 2.61. The maximum Gasteiger partial charge on any atom is 0.220 e. The van der Waals surface area contributed by atoms with Crippen molar-refractivity contribution in [3.8, 4) is 0 Å². The van der Waals surface area contributed by atoms with Gasteiger partial charge in [0.05, 0.1) is 32.0 Å². The SMILES string of the molecule is CCCCCCCCCCCCCCCCCCCCCCCCCC/C=C/C(O)C(COC1OC(CO)C(OC2OC(CO)C(O)C(O)C2O)C(O)C1O)NC(=O)CCCCC. The van der Waals surface area contributed by atoms with Crippen LogP contribution in [-0.4, -0.2) is 140 Å². The summed E-state index contributed by atoms with van der Waals surface area (Å²) in [6, 6.07) is -0.904. The van der Waals surface area contributed by atoms with Crippen LogP contribution in [0.2, 0.25) is 0 Å². The second-order valence-corrected chi connectivity index (χ2v) is 18.3. The minimum absolute atomic E-state index is 0.263. The molecule has 9 N–H and O–H groups in total. The van der Waals surface area contributed by atoms with Crippen molar-refractivity contribution in [3.63, 3.8) is 0 Å². The number of carbonyl (C=O) groups excluding carboxylic acids is 1. The molecule has 1 amide bonds. The number of hydrogen-bond acceptors (Lipinski definition) is 13. The Labute approximate surface area is 380 Å². The van der Waals surface area contributed by atoms with Crippen molar-refractivity contribution >= 4 is 5.91 Å². The number of aliphatic hydroxyl groups is 8. The van der Waals surface area contributed by atoms with Crippen molar-refractivity contribution in [2.45, 2.75) is 274 Å². The Morgan fingerprint density at radius 2 is 0.984 bits per heavy atom. The average molecular weight is 904 g/mol. The molecule has 63 heavy (non-hydrogen) atoms. The van der Waals surface area contributed by atoms with E-state index in [4.69, 9.17) is 18.9 Å². The molecule has 2 aliphatic heterocycles. The van der Waals surface area contributed by atoms with Crippen LogP contribution < -0.4 is 5.32 Å². The van der Waals surface area contributed by atoms with Gasteiger partial charge in [0.25, 0.3) is 0 Å². The van der Waals surface area contributed by atoms with Crippen molar-refractivity contribution in [1.29, 1.82) is 0 Å². The summed E-state index contributed by atoms with van der Waals surface area (Å²) >= 11 is 0. The van der Waals surface area contributed by atoms with Crippen molar-refractivity contribution in [2.75, 3.05) is 19.8 Å². The fourth-order valence-corrected chi connectivity index (χ4v) is 8.53. The van der Waals surface area contributed by atoms with E-state index in [1.165, 1.54) is 141 Å². The van der Waals surface area contributed by atoms with E-state index in [2.05, 4.69) is 12.2 Å². The number of ether oxygens (including phenoxy) is 4. The molecule has 12 unspecified atom stereocenters. The van der Waals surface area contributed by atoms with Gasteiger partial charge in [-0.05, 0) is 19.3 Å². The topological polar surface area (TPSA) is 228 Å². The first kappa shape index (κ1) is 57.9. The molecule has 0 aliphatic carbocycles. The molecule has 0 radical (unpaired) electrons. The van der Waals surface area contributed by atoms with Gasteiger partial charge in [-0.3, -0.25) is 4.79 Å². The predicted molar refractivity (Wildman–Crippen MR) is 245 cm³/mol. The standard InChI is InChI=1S/C49H93NO13/c1-3-5-7-8-9-10-11-12-13-14-15-16-17-18-19-20-21-22-23-24-25-26-27-28-29-31-32-38(53)37(50-41(54)33-30-6-4-2)36-60-48-46(59)44(57)47(40(35-52)62-48)63-49-45(58)43(56)42(55)39(34-51)61-49/h31-32,37-40,42-49,51-53,55-59H,3-30,33-36H2,1-2H3,(H,50,54)/b32-31+. The van der Waals surface area contributed by atoms with E-state index in [0.29, 0.717) is 6.42 Å². The molecular weight excluding hydrogens is 811 g/mol. The summed E-state index contributed by atoms with van der Waals surface area (Å²) in [6.07, 6.45) is 22.4.